The van der Waals surface area contributed by atoms with E-state index in [9.17, 15) is 9.59 Å². The van der Waals surface area contributed by atoms with Gasteiger partial charge in [-0.15, -0.1) is 0 Å². The Balaban J connectivity index is 1.77. The van der Waals surface area contributed by atoms with Crippen molar-refractivity contribution in [3.8, 4) is 11.5 Å². The van der Waals surface area contributed by atoms with E-state index >= 15 is 0 Å². The van der Waals surface area contributed by atoms with Gasteiger partial charge in [0.2, 0.25) is 11.8 Å². The highest BCUT2D eigenvalue weighted by atomic mass is 35.5. The van der Waals surface area contributed by atoms with Crippen LogP contribution < -0.4 is 14.8 Å². The van der Waals surface area contributed by atoms with Gasteiger partial charge < -0.3 is 19.7 Å². The molecule has 3 rings (SSSR count). The third-order valence-corrected chi connectivity index (χ3v) is 5.81. The van der Waals surface area contributed by atoms with Crippen molar-refractivity contribution >= 4 is 35.0 Å². The van der Waals surface area contributed by atoms with E-state index in [0.29, 0.717) is 47.6 Å². The molecule has 1 aliphatic heterocycles. The smallest absolute Gasteiger partial charge is 0.242 e. The van der Waals surface area contributed by atoms with Gasteiger partial charge >= 0.3 is 0 Å². The van der Waals surface area contributed by atoms with Crippen molar-refractivity contribution in [2.24, 2.45) is 0 Å². The van der Waals surface area contributed by atoms with Crippen molar-refractivity contribution in [3.05, 3.63) is 57.6 Å². The highest BCUT2D eigenvalue weighted by Gasteiger charge is 2.28. The van der Waals surface area contributed by atoms with Crippen LogP contribution in [0.1, 0.15) is 30.9 Å². The van der Waals surface area contributed by atoms with E-state index in [0.717, 1.165) is 11.1 Å². The van der Waals surface area contributed by atoms with Gasteiger partial charge in [0, 0.05) is 30.1 Å². The molecule has 0 bridgehead atoms. The number of hydrogen-bond acceptors (Lipinski definition) is 4. The summed E-state index contributed by atoms with van der Waals surface area (Å²) in [6.45, 7) is 3.15. The lowest BCUT2D eigenvalue weighted by atomic mass is 10.1. The second-order valence-corrected chi connectivity index (χ2v) is 8.12. The van der Waals surface area contributed by atoms with E-state index < -0.39 is 6.04 Å². The molecule has 1 heterocycles. The number of carbonyl (C=O) groups excluding carboxylic acids is 2. The van der Waals surface area contributed by atoms with Gasteiger partial charge in [0.25, 0.3) is 0 Å². The number of likely N-dealkylation sites (N-methyl/N-ethyl adjacent to an activating group) is 1. The number of carbonyl (C=O) groups is 2. The van der Waals surface area contributed by atoms with Crippen molar-refractivity contribution in [1.82, 2.24) is 10.2 Å². The number of amides is 2. The second kappa shape index (κ2) is 10.7. The van der Waals surface area contributed by atoms with Gasteiger partial charge in [0.1, 0.15) is 19.3 Å². The van der Waals surface area contributed by atoms with Crippen LogP contribution in [0.4, 0.5) is 0 Å². The normalized spacial score (nSPS) is 13.4. The number of aryl methyl sites for hydroxylation is 1. The van der Waals surface area contributed by atoms with Crippen LogP contribution in [0.5, 0.6) is 11.5 Å². The summed E-state index contributed by atoms with van der Waals surface area (Å²) >= 11 is 12.3. The van der Waals surface area contributed by atoms with Crippen LogP contribution in [0.15, 0.2) is 36.4 Å². The first kappa shape index (κ1) is 23.2. The van der Waals surface area contributed by atoms with Crippen LogP contribution >= 0.6 is 23.2 Å². The van der Waals surface area contributed by atoms with Gasteiger partial charge in [0.05, 0.1) is 0 Å². The van der Waals surface area contributed by atoms with Gasteiger partial charge in [-0.05, 0) is 48.2 Å². The Labute approximate surface area is 192 Å². The third-order valence-electron chi connectivity index (χ3n) is 5.22. The van der Waals surface area contributed by atoms with Crippen LogP contribution in [0, 0.1) is 0 Å². The topological polar surface area (TPSA) is 67.9 Å². The fourth-order valence-electron chi connectivity index (χ4n) is 3.56. The number of fused-ring (bicyclic) bond motifs is 1. The van der Waals surface area contributed by atoms with E-state index in [-0.39, 0.29) is 24.8 Å². The SMILES string of the molecule is CCC(C(=O)NC)N(Cc1ccc(Cl)cc1Cl)C(=O)CCc1ccc2c(c1)OCCO2. The Bertz CT molecular complexity index is 951. The van der Waals surface area contributed by atoms with Gasteiger partial charge in [0.15, 0.2) is 11.5 Å². The lowest BCUT2D eigenvalue weighted by molar-refractivity contribution is -0.141. The number of benzene rings is 2. The van der Waals surface area contributed by atoms with Crippen LogP contribution in [-0.2, 0) is 22.6 Å². The Morgan fingerprint density at radius 1 is 1.10 bits per heavy atom. The molecule has 0 saturated heterocycles. The van der Waals surface area contributed by atoms with Crippen molar-refractivity contribution in [1.29, 1.82) is 0 Å². The molecule has 2 aromatic rings. The maximum atomic E-state index is 13.2. The van der Waals surface area contributed by atoms with E-state index in [1.165, 1.54) is 0 Å². The molecule has 2 aromatic carbocycles. The minimum absolute atomic E-state index is 0.128. The first-order valence-corrected chi connectivity index (χ1v) is 11.0. The molecular weight excluding hydrogens is 439 g/mol. The average Bonchev–Trinajstić information content (AvgIpc) is 2.78. The van der Waals surface area contributed by atoms with Crippen molar-refractivity contribution < 1.29 is 19.1 Å². The number of ether oxygens (including phenoxy) is 2. The molecule has 6 nitrogen and oxygen atoms in total. The third kappa shape index (κ3) is 5.83. The number of halogens is 2. The molecule has 1 N–H and O–H groups in total. The zero-order valence-corrected chi connectivity index (χ0v) is 19.1. The number of nitrogens with zero attached hydrogens (tertiary/aromatic N) is 1. The molecule has 166 valence electrons. The van der Waals surface area contributed by atoms with Crippen LogP contribution in [0.3, 0.4) is 0 Å². The van der Waals surface area contributed by atoms with E-state index in [1.807, 2.05) is 25.1 Å². The molecule has 0 aliphatic carbocycles. The first-order chi connectivity index (χ1) is 14.9. The van der Waals surface area contributed by atoms with E-state index in [1.54, 1.807) is 30.1 Å². The summed E-state index contributed by atoms with van der Waals surface area (Å²) in [5.74, 6) is 1.07. The molecule has 8 heteroatoms. The van der Waals surface area contributed by atoms with Gasteiger partial charge in [-0.3, -0.25) is 9.59 Å². The summed E-state index contributed by atoms with van der Waals surface area (Å²) in [6.07, 6.45) is 1.25. The molecule has 2 amide bonds. The van der Waals surface area contributed by atoms with Crippen LogP contribution in [0.25, 0.3) is 0 Å². The molecule has 0 spiro atoms. The minimum atomic E-state index is -0.593. The molecule has 31 heavy (non-hydrogen) atoms. The standard InChI is InChI=1S/C23H26Cl2N2O4/c1-3-19(23(29)26-2)27(14-16-6-7-17(24)13-18(16)25)22(28)9-5-15-4-8-20-21(12-15)31-11-10-30-20/h4,6-8,12-13,19H,3,5,9-11,14H2,1-2H3,(H,26,29). The monoisotopic (exact) mass is 464 g/mol. The molecule has 1 unspecified atom stereocenters. The van der Waals surface area contributed by atoms with Crippen molar-refractivity contribution in [3.63, 3.8) is 0 Å². The molecule has 0 aromatic heterocycles. The van der Waals surface area contributed by atoms with Gasteiger partial charge in [-0.2, -0.15) is 0 Å². The lowest BCUT2D eigenvalue weighted by Crippen LogP contribution is -2.48. The molecular formula is C23H26Cl2N2O4. The molecule has 0 saturated carbocycles. The number of nitrogens with one attached hydrogen (secondary N) is 1. The molecule has 0 fully saturated rings. The van der Waals surface area contributed by atoms with Crippen LogP contribution in [0.2, 0.25) is 10.0 Å². The van der Waals surface area contributed by atoms with Gasteiger partial charge in [-0.1, -0.05) is 42.3 Å². The number of rotatable bonds is 8. The largest absolute Gasteiger partial charge is 0.486 e. The summed E-state index contributed by atoms with van der Waals surface area (Å²) in [6, 6.07) is 10.2. The summed E-state index contributed by atoms with van der Waals surface area (Å²) in [4.78, 5) is 27.3. The highest BCUT2D eigenvalue weighted by Crippen LogP contribution is 2.31. The average molecular weight is 465 g/mol. The van der Waals surface area contributed by atoms with E-state index in [4.69, 9.17) is 32.7 Å². The van der Waals surface area contributed by atoms with Crippen molar-refractivity contribution in [2.75, 3.05) is 20.3 Å². The quantitative estimate of drug-likeness (QED) is 0.633. The Hall–Kier alpha value is -2.44. The Morgan fingerprint density at radius 3 is 2.52 bits per heavy atom. The molecule has 1 atom stereocenters. The fourth-order valence-corrected chi connectivity index (χ4v) is 4.03. The van der Waals surface area contributed by atoms with Gasteiger partial charge in [-0.25, -0.2) is 0 Å². The zero-order chi connectivity index (χ0) is 22.4. The second-order valence-electron chi connectivity index (χ2n) is 7.27. The fraction of sp³-hybridized carbons (Fsp3) is 0.391. The Morgan fingerprint density at radius 2 is 1.84 bits per heavy atom. The highest BCUT2D eigenvalue weighted by molar-refractivity contribution is 6.35. The summed E-state index contributed by atoms with van der Waals surface area (Å²) in [7, 11) is 1.57. The van der Waals surface area contributed by atoms with E-state index in [2.05, 4.69) is 5.32 Å². The Kier molecular flexibility index (Phi) is 8.04. The summed E-state index contributed by atoms with van der Waals surface area (Å²) in [5, 5.41) is 3.63. The van der Waals surface area contributed by atoms with Crippen molar-refractivity contribution in [2.45, 2.75) is 38.8 Å². The predicted molar refractivity (Wildman–Crippen MR) is 121 cm³/mol. The number of hydrogen-bond donors (Lipinski definition) is 1. The maximum Gasteiger partial charge on any atom is 0.242 e. The summed E-state index contributed by atoms with van der Waals surface area (Å²) < 4.78 is 11.2. The lowest BCUT2D eigenvalue weighted by Gasteiger charge is -2.30. The predicted octanol–water partition coefficient (Wildman–Crippen LogP) is 4.25. The summed E-state index contributed by atoms with van der Waals surface area (Å²) in [5.41, 5.74) is 1.70. The maximum absolute atomic E-state index is 13.2. The minimum Gasteiger partial charge on any atom is -0.486 e. The molecule has 0 radical (unpaired) electrons. The first-order valence-electron chi connectivity index (χ1n) is 10.3. The molecule has 1 aliphatic rings. The van der Waals surface area contributed by atoms with Crippen LogP contribution in [-0.4, -0.2) is 43.0 Å². The zero-order valence-electron chi connectivity index (χ0n) is 17.6.